The smallest absolute Gasteiger partial charge is 0.305 e. The van der Waals surface area contributed by atoms with Gasteiger partial charge in [0, 0.05) is 12.5 Å². The van der Waals surface area contributed by atoms with Crippen LogP contribution in [-0.2, 0) is 9.53 Å². The number of hydrogen-bond donors (Lipinski definition) is 1. The number of nitrogens with one attached hydrogen (secondary N) is 1. The van der Waals surface area contributed by atoms with Crippen molar-refractivity contribution in [3.8, 4) is 5.75 Å². The van der Waals surface area contributed by atoms with Crippen molar-refractivity contribution in [3.63, 3.8) is 0 Å². The van der Waals surface area contributed by atoms with Crippen LogP contribution < -0.4 is 10.1 Å². The van der Waals surface area contributed by atoms with Crippen LogP contribution in [0.15, 0.2) is 12.1 Å². The SMILES string of the molecule is CNC(CCC(=O)OC)c1cc(C)c(OC)c(C)c1. The number of esters is 1. The normalized spacial score (nSPS) is 12.1. The lowest BCUT2D eigenvalue weighted by atomic mass is 9.97. The van der Waals surface area contributed by atoms with Gasteiger partial charge in [-0.2, -0.15) is 0 Å². The molecule has 0 saturated carbocycles. The van der Waals surface area contributed by atoms with E-state index >= 15 is 0 Å². The minimum Gasteiger partial charge on any atom is -0.496 e. The molecule has 4 nitrogen and oxygen atoms in total. The lowest BCUT2D eigenvalue weighted by molar-refractivity contribution is -0.140. The molecule has 1 atom stereocenters. The largest absolute Gasteiger partial charge is 0.496 e. The molecule has 1 aromatic rings. The zero-order valence-electron chi connectivity index (χ0n) is 12.4. The Labute approximate surface area is 115 Å². The van der Waals surface area contributed by atoms with Gasteiger partial charge in [0.05, 0.1) is 14.2 Å². The Morgan fingerprint density at radius 1 is 1.26 bits per heavy atom. The number of carbonyl (C=O) groups excluding carboxylic acids is 1. The summed E-state index contributed by atoms with van der Waals surface area (Å²) in [7, 11) is 5.00. The van der Waals surface area contributed by atoms with Crippen LogP contribution in [0.25, 0.3) is 0 Å². The molecule has 1 N–H and O–H groups in total. The molecule has 0 heterocycles. The standard InChI is InChI=1S/C15H23NO3/c1-10-8-12(9-11(2)15(10)19-5)13(16-3)6-7-14(17)18-4/h8-9,13,16H,6-7H2,1-5H3. The molecule has 0 spiro atoms. The van der Waals surface area contributed by atoms with Crippen LogP contribution in [0.5, 0.6) is 5.75 Å². The summed E-state index contributed by atoms with van der Waals surface area (Å²) in [6.07, 6.45) is 1.13. The van der Waals surface area contributed by atoms with E-state index in [-0.39, 0.29) is 12.0 Å². The van der Waals surface area contributed by atoms with Gasteiger partial charge in [-0.3, -0.25) is 4.79 Å². The summed E-state index contributed by atoms with van der Waals surface area (Å²) in [5.41, 5.74) is 3.38. The highest BCUT2D eigenvalue weighted by molar-refractivity contribution is 5.69. The van der Waals surface area contributed by atoms with Crippen molar-refractivity contribution in [2.24, 2.45) is 0 Å². The van der Waals surface area contributed by atoms with Crippen molar-refractivity contribution in [2.75, 3.05) is 21.3 Å². The number of aryl methyl sites for hydroxylation is 2. The lowest BCUT2D eigenvalue weighted by Crippen LogP contribution is -2.18. The van der Waals surface area contributed by atoms with Crippen LogP contribution in [-0.4, -0.2) is 27.2 Å². The molecule has 1 unspecified atom stereocenters. The average molecular weight is 265 g/mol. The lowest BCUT2D eigenvalue weighted by Gasteiger charge is -2.19. The van der Waals surface area contributed by atoms with E-state index in [1.807, 2.05) is 20.9 Å². The number of methoxy groups -OCH3 is 2. The van der Waals surface area contributed by atoms with Crippen LogP contribution in [0.4, 0.5) is 0 Å². The van der Waals surface area contributed by atoms with Crippen LogP contribution in [0.2, 0.25) is 0 Å². The van der Waals surface area contributed by atoms with E-state index in [1.54, 1.807) is 7.11 Å². The van der Waals surface area contributed by atoms with Gasteiger partial charge >= 0.3 is 5.97 Å². The van der Waals surface area contributed by atoms with Crippen LogP contribution in [0.3, 0.4) is 0 Å². The first-order valence-corrected chi connectivity index (χ1v) is 6.42. The minimum atomic E-state index is -0.179. The summed E-state index contributed by atoms with van der Waals surface area (Å²) in [6.45, 7) is 4.06. The molecule has 0 bridgehead atoms. The molecule has 0 aliphatic heterocycles. The molecule has 0 aromatic heterocycles. The Morgan fingerprint density at radius 2 is 1.84 bits per heavy atom. The van der Waals surface area contributed by atoms with Gasteiger partial charge in [0.1, 0.15) is 5.75 Å². The molecule has 0 saturated heterocycles. The summed E-state index contributed by atoms with van der Waals surface area (Å²) in [6, 6.07) is 4.34. The second-order valence-electron chi connectivity index (χ2n) is 4.64. The maximum absolute atomic E-state index is 11.2. The van der Waals surface area contributed by atoms with Crippen molar-refractivity contribution in [2.45, 2.75) is 32.7 Å². The molecular weight excluding hydrogens is 242 g/mol. The maximum atomic E-state index is 11.2. The second-order valence-corrected chi connectivity index (χ2v) is 4.64. The van der Waals surface area contributed by atoms with E-state index in [4.69, 9.17) is 4.74 Å². The zero-order valence-corrected chi connectivity index (χ0v) is 12.4. The van der Waals surface area contributed by atoms with Gasteiger partial charge in [-0.1, -0.05) is 12.1 Å². The first-order chi connectivity index (χ1) is 9.03. The Kier molecular flexibility index (Phi) is 5.83. The quantitative estimate of drug-likeness (QED) is 0.803. The van der Waals surface area contributed by atoms with E-state index in [2.05, 4.69) is 22.2 Å². The molecule has 4 heteroatoms. The van der Waals surface area contributed by atoms with Gasteiger partial charge in [0.15, 0.2) is 0 Å². The first kappa shape index (κ1) is 15.5. The monoisotopic (exact) mass is 265 g/mol. The highest BCUT2D eigenvalue weighted by Gasteiger charge is 2.14. The zero-order chi connectivity index (χ0) is 14.4. The molecule has 106 valence electrons. The molecule has 19 heavy (non-hydrogen) atoms. The Morgan fingerprint density at radius 3 is 2.26 bits per heavy atom. The van der Waals surface area contributed by atoms with Crippen molar-refractivity contribution in [1.82, 2.24) is 5.32 Å². The Hall–Kier alpha value is -1.55. The van der Waals surface area contributed by atoms with E-state index in [0.717, 1.165) is 16.9 Å². The summed E-state index contributed by atoms with van der Waals surface area (Å²) in [5, 5.41) is 3.24. The summed E-state index contributed by atoms with van der Waals surface area (Å²) in [5.74, 6) is 0.744. The van der Waals surface area contributed by atoms with E-state index in [0.29, 0.717) is 12.8 Å². The number of ether oxygens (including phenoxy) is 2. The molecule has 1 rings (SSSR count). The molecule has 0 amide bonds. The van der Waals surface area contributed by atoms with E-state index in [9.17, 15) is 4.79 Å². The average Bonchev–Trinajstić information content (AvgIpc) is 2.38. The van der Waals surface area contributed by atoms with Gasteiger partial charge in [-0.25, -0.2) is 0 Å². The number of carbonyl (C=O) groups is 1. The van der Waals surface area contributed by atoms with Crippen molar-refractivity contribution in [3.05, 3.63) is 28.8 Å². The van der Waals surface area contributed by atoms with Crippen molar-refractivity contribution in [1.29, 1.82) is 0 Å². The highest BCUT2D eigenvalue weighted by atomic mass is 16.5. The fraction of sp³-hybridized carbons (Fsp3) is 0.533. The third kappa shape index (κ3) is 3.96. The topological polar surface area (TPSA) is 47.6 Å². The van der Waals surface area contributed by atoms with Crippen LogP contribution >= 0.6 is 0 Å². The van der Waals surface area contributed by atoms with E-state index < -0.39 is 0 Å². The van der Waals surface area contributed by atoms with Gasteiger partial charge < -0.3 is 14.8 Å². The van der Waals surface area contributed by atoms with Gasteiger partial charge in [-0.05, 0) is 44.0 Å². The fourth-order valence-corrected chi connectivity index (χ4v) is 2.35. The molecule has 0 fully saturated rings. The van der Waals surface area contributed by atoms with Gasteiger partial charge in [-0.15, -0.1) is 0 Å². The highest BCUT2D eigenvalue weighted by Crippen LogP contribution is 2.28. The maximum Gasteiger partial charge on any atom is 0.305 e. The minimum absolute atomic E-state index is 0.141. The third-order valence-corrected chi connectivity index (χ3v) is 3.30. The fourth-order valence-electron chi connectivity index (χ4n) is 2.35. The summed E-state index contributed by atoms with van der Waals surface area (Å²) >= 11 is 0. The predicted octanol–water partition coefficient (Wildman–Crippen LogP) is 2.53. The van der Waals surface area contributed by atoms with Gasteiger partial charge in [0.25, 0.3) is 0 Å². The number of hydrogen-bond acceptors (Lipinski definition) is 4. The predicted molar refractivity (Wildman–Crippen MR) is 75.5 cm³/mol. The van der Waals surface area contributed by atoms with Crippen molar-refractivity contribution < 1.29 is 14.3 Å². The second kappa shape index (κ2) is 7.14. The van der Waals surface area contributed by atoms with Crippen molar-refractivity contribution >= 4 is 5.97 Å². The molecule has 0 aliphatic rings. The number of rotatable bonds is 6. The summed E-state index contributed by atoms with van der Waals surface area (Å²) in [4.78, 5) is 11.2. The van der Waals surface area contributed by atoms with Crippen LogP contribution in [0, 0.1) is 13.8 Å². The van der Waals surface area contributed by atoms with Crippen LogP contribution in [0.1, 0.15) is 35.6 Å². The van der Waals surface area contributed by atoms with Gasteiger partial charge in [0.2, 0.25) is 0 Å². The molecular formula is C15H23NO3. The van der Waals surface area contributed by atoms with E-state index in [1.165, 1.54) is 12.7 Å². The molecule has 0 aliphatic carbocycles. The molecule has 0 radical (unpaired) electrons. The number of benzene rings is 1. The summed E-state index contributed by atoms with van der Waals surface area (Å²) < 4.78 is 10.0. The third-order valence-electron chi connectivity index (χ3n) is 3.30. The Bertz CT molecular complexity index is 420. The Balaban J connectivity index is 2.90. The molecule has 1 aromatic carbocycles. The first-order valence-electron chi connectivity index (χ1n) is 6.42.